The Balaban J connectivity index is 2.35. The van der Waals surface area contributed by atoms with Crippen LogP contribution in [0.4, 0.5) is 0 Å². The molecule has 2 aromatic rings. The minimum Gasteiger partial charge on any atom is -0.458 e. The van der Waals surface area contributed by atoms with Crippen LogP contribution in [0.2, 0.25) is 0 Å². The lowest BCUT2D eigenvalue weighted by molar-refractivity contribution is 0.408. The first kappa shape index (κ1) is 8.07. The van der Waals surface area contributed by atoms with Gasteiger partial charge in [0.05, 0.1) is 5.69 Å². The van der Waals surface area contributed by atoms with Crippen LogP contribution in [0.15, 0.2) is 27.1 Å². The highest BCUT2D eigenvalue weighted by molar-refractivity contribution is 5.50. The van der Waals surface area contributed by atoms with E-state index in [1.807, 2.05) is 19.1 Å². The first-order chi connectivity index (χ1) is 6.29. The molecule has 2 rings (SSSR count). The highest BCUT2D eigenvalue weighted by Crippen LogP contribution is 2.22. The summed E-state index contributed by atoms with van der Waals surface area (Å²) in [7, 11) is 0. The van der Waals surface area contributed by atoms with Gasteiger partial charge in [0.1, 0.15) is 5.76 Å². The van der Waals surface area contributed by atoms with Gasteiger partial charge in [-0.3, -0.25) is 0 Å². The highest BCUT2D eigenvalue weighted by atomic mass is 16.5. The molecule has 13 heavy (non-hydrogen) atoms. The molecule has 68 valence electrons. The van der Waals surface area contributed by atoms with E-state index in [4.69, 9.17) is 14.7 Å². The fourth-order valence-electron chi connectivity index (χ4n) is 1.09. The van der Waals surface area contributed by atoms with E-state index >= 15 is 0 Å². The molecule has 0 saturated carbocycles. The van der Waals surface area contributed by atoms with Crippen LogP contribution in [-0.4, -0.2) is 5.16 Å². The lowest BCUT2D eigenvalue weighted by Crippen LogP contribution is -1.94. The molecule has 2 heterocycles. The maximum Gasteiger partial charge on any atom is 0.202 e. The van der Waals surface area contributed by atoms with Gasteiger partial charge in [-0.05, 0) is 19.1 Å². The summed E-state index contributed by atoms with van der Waals surface area (Å²) in [5.41, 5.74) is 6.12. The van der Waals surface area contributed by atoms with E-state index in [0.717, 1.165) is 11.5 Å². The number of nitrogens with zero attached hydrogens (tertiary/aromatic N) is 1. The average molecular weight is 178 g/mol. The number of aromatic nitrogens is 1. The molecule has 0 aliphatic carbocycles. The molecule has 4 heteroatoms. The van der Waals surface area contributed by atoms with E-state index in [1.54, 1.807) is 6.07 Å². The van der Waals surface area contributed by atoms with Crippen LogP contribution >= 0.6 is 0 Å². The molecule has 0 saturated heterocycles. The molecule has 0 aromatic carbocycles. The zero-order chi connectivity index (χ0) is 9.26. The van der Waals surface area contributed by atoms with Crippen molar-refractivity contribution in [3.8, 4) is 11.5 Å². The molecule has 0 unspecified atom stereocenters. The standard InChI is InChI=1S/C9H10N2O2/c1-6-2-3-8(12-6)9-4-7(5-10)11-13-9/h2-4H,5,10H2,1H3. The van der Waals surface area contributed by atoms with Crippen molar-refractivity contribution < 1.29 is 8.94 Å². The first-order valence-electron chi connectivity index (χ1n) is 4.02. The van der Waals surface area contributed by atoms with Gasteiger partial charge in [0, 0.05) is 12.6 Å². The Labute approximate surface area is 75.3 Å². The number of aryl methyl sites for hydroxylation is 1. The van der Waals surface area contributed by atoms with Crippen LogP contribution in [-0.2, 0) is 6.54 Å². The fraction of sp³-hybridized carbons (Fsp3) is 0.222. The second-order valence-electron chi connectivity index (χ2n) is 2.80. The number of furan rings is 1. The molecule has 0 amide bonds. The Morgan fingerprint density at radius 1 is 1.38 bits per heavy atom. The minimum atomic E-state index is 0.378. The van der Waals surface area contributed by atoms with Crippen LogP contribution in [0.5, 0.6) is 0 Å². The van der Waals surface area contributed by atoms with Crippen LogP contribution in [0.1, 0.15) is 11.5 Å². The molecule has 2 aromatic heterocycles. The molecule has 4 nitrogen and oxygen atoms in total. The third kappa shape index (κ3) is 1.48. The molecular formula is C9H10N2O2. The van der Waals surface area contributed by atoms with Gasteiger partial charge in [0.15, 0.2) is 5.76 Å². The van der Waals surface area contributed by atoms with Crippen LogP contribution < -0.4 is 5.73 Å². The van der Waals surface area contributed by atoms with Crippen molar-refractivity contribution >= 4 is 0 Å². The maximum atomic E-state index is 5.39. The van der Waals surface area contributed by atoms with E-state index < -0.39 is 0 Å². The monoisotopic (exact) mass is 178 g/mol. The number of hydrogen-bond donors (Lipinski definition) is 1. The second-order valence-corrected chi connectivity index (χ2v) is 2.80. The Morgan fingerprint density at radius 2 is 2.23 bits per heavy atom. The molecule has 0 radical (unpaired) electrons. The van der Waals surface area contributed by atoms with E-state index in [1.165, 1.54) is 0 Å². The SMILES string of the molecule is Cc1ccc(-c2cc(CN)no2)o1. The Morgan fingerprint density at radius 3 is 2.77 bits per heavy atom. The van der Waals surface area contributed by atoms with Gasteiger partial charge < -0.3 is 14.7 Å². The third-order valence-electron chi connectivity index (χ3n) is 1.75. The van der Waals surface area contributed by atoms with Crippen LogP contribution in [0.25, 0.3) is 11.5 Å². The van der Waals surface area contributed by atoms with Crippen LogP contribution in [0, 0.1) is 6.92 Å². The molecule has 2 N–H and O–H groups in total. The molecule has 0 fully saturated rings. The average Bonchev–Trinajstić information content (AvgIpc) is 2.71. The largest absolute Gasteiger partial charge is 0.458 e. The number of rotatable bonds is 2. The molecule has 0 aliphatic heterocycles. The van der Waals surface area contributed by atoms with Gasteiger partial charge in [-0.1, -0.05) is 5.16 Å². The Hall–Kier alpha value is -1.55. The normalized spacial score (nSPS) is 10.6. The number of nitrogens with two attached hydrogens (primary N) is 1. The smallest absolute Gasteiger partial charge is 0.202 e. The summed E-state index contributed by atoms with van der Waals surface area (Å²) in [5.74, 6) is 2.15. The van der Waals surface area contributed by atoms with Crippen molar-refractivity contribution in [3.63, 3.8) is 0 Å². The molecule has 0 atom stereocenters. The van der Waals surface area contributed by atoms with Crippen molar-refractivity contribution in [2.75, 3.05) is 0 Å². The predicted octanol–water partition coefficient (Wildman–Crippen LogP) is 1.70. The van der Waals surface area contributed by atoms with Crippen molar-refractivity contribution in [2.45, 2.75) is 13.5 Å². The lowest BCUT2D eigenvalue weighted by atomic mass is 10.3. The summed E-state index contributed by atoms with van der Waals surface area (Å²) >= 11 is 0. The lowest BCUT2D eigenvalue weighted by Gasteiger charge is -1.85. The summed E-state index contributed by atoms with van der Waals surface area (Å²) < 4.78 is 10.4. The van der Waals surface area contributed by atoms with Gasteiger partial charge in [-0.2, -0.15) is 0 Å². The molecule has 0 aliphatic rings. The van der Waals surface area contributed by atoms with Crippen molar-refractivity contribution in [3.05, 3.63) is 29.7 Å². The fourth-order valence-corrected chi connectivity index (χ4v) is 1.09. The highest BCUT2D eigenvalue weighted by Gasteiger charge is 2.08. The second kappa shape index (κ2) is 3.06. The van der Waals surface area contributed by atoms with E-state index in [2.05, 4.69) is 5.16 Å². The number of hydrogen-bond acceptors (Lipinski definition) is 4. The van der Waals surface area contributed by atoms with E-state index in [-0.39, 0.29) is 0 Å². The summed E-state index contributed by atoms with van der Waals surface area (Å²) in [5, 5.41) is 3.76. The maximum absolute atomic E-state index is 5.39. The van der Waals surface area contributed by atoms with Gasteiger partial charge in [-0.15, -0.1) is 0 Å². The van der Waals surface area contributed by atoms with Gasteiger partial charge in [0.2, 0.25) is 5.76 Å². The quantitative estimate of drug-likeness (QED) is 0.760. The van der Waals surface area contributed by atoms with Crippen molar-refractivity contribution in [2.24, 2.45) is 5.73 Å². The summed E-state index contributed by atoms with van der Waals surface area (Å²) in [4.78, 5) is 0. The first-order valence-corrected chi connectivity index (χ1v) is 4.02. The predicted molar refractivity (Wildman–Crippen MR) is 46.8 cm³/mol. The van der Waals surface area contributed by atoms with Crippen molar-refractivity contribution in [1.29, 1.82) is 0 Å². The zero-order valence-electron chi connectivity index (χ0n) is 7.28. The molecule has 0 spiro atoms. The minimum absolute atomic E-state index is 0.378. The van der Waals surface area contributed by atoms with Crippen LogP contribution in [0.3, 0.4) is 0 Å². The van der Waals surface area contributed by atoms with Gasteiger partial charge in [-0.25, -0.2) is 0 Å². The van der Waals surface area contributed by atoms with Crippen molar-refractivity contribution in [1.82, 2.24) is 5.16 Å². The Kier molecular flexibility index (Phi) is 1.90. The topological polar surface area (TPSA) is 65.2 Å². The van der Waals surface area contributed by atoms with Gasteiger partial charge in [0.25, 0.3) is 0 Å². The summed E-state index contributed by atoms with van der Waals surface area (Å²) in [6.07, 6.45) is 0. The molecular weight excluding hydrogens is 168 g/mol. The summed E-state index contributed by atoms with van der Waals surface area (Å²) in [6.45, 7) is 2.26. The molecule has 0 bridgehead atoms. The summed E-state index contributed by atoms with van der Waals surface area (Å²) in [6, 6.07) is 5.49. The Bertz CT molecular complexity index is 403. The zero-order valence-corrected chi connectivity index (χ0v) is 7.28. The third-order valence-corrected chi connectivity index (χ3v) is 1.75. The van der Waals surface area contributed by atoms with E-state index in [0.29, 0.717) is 18.1 Å². The van der Waals surface area contributed by atoms with E-state index in [9.17, 15) is 0 Å². The van der Waals surface area contributed by atoms with Gasteiger partial charge >= 0.3 is 0 Å².